The number of aryl methyl sites for hydroxylation is 2. The van der Waals surface area contributed by atoms with E-state index < -0.39 is 0 Å². The van der Waals surface area contributed by atoms with Crippen molar-refractivity contribution in [3.63, 3.8) is 0 Å². The van der Waals surface area contributed by atoms with E-state index in [-0.39, 0.29) is 5.91 Å². The molecule has 1 aliphatic heterocycles. The van der Waals surface area contributed by atoms with Crippen LogP contribution in [0.5, 0.6) is 0 Å². The molecule has 0 saturated carbocycles. The Morgan fingerprint density at radius 3 is 2.69 bits per heavy atom. The Kier molecular flexibility index (Phi) is 6.07. The normalized spacial score (nSPS) is 15.6. The van der Waals surface area contributed by atoms with Crippen LogP contribution in [-0.4, -0.2) is 38.4 Å². The van der Waals surface area contributed by atoms with Crippen molar-refractivity contribution in [2.24, 2.45) is 5.92 Å². The molecular formula is C21H30N4O. The van der Waals surface area contributed by atoms with Crippen LogP contribution >= 0.6 is 0 Å². The second kappa shape index (κ2) is 8.47. The van der Waals surface area contributed by atoms with Gasteiger partial charge in [-0.2, -0.15) is 0 Å². The van der Waals surface area contributed by atoms with E-state index in [1.54, 1.807) is 0 Å². The van der Waals surface area contributed by atoms with Crippen molar-refractivity contribution in [1.29, 1.82) is 0 Å². The molecule has 3 heterocycles. The highest BCUT2D eigenvalue weighted by atomic mass is 16.2. The van der Waals surface area contributed by atoms with Crippen LogP contribution in [0.3, 0.4) is 0 Å². The molecule has 140 valence electrons. The van der Waals surface area contributed by atoms with Gasteiger partial charge in [0, 0.05) is 56.3 Å². The first-order valence-corrected chi connectivity index (χ1v) is 9.73. The van der Waals surface area contributed by atoms with Crippen LogP contribution in [0.2, 0.25) is 0 Å². The third kappa shape index (κ3) is 4.71. The number of piperidine rings is 1. The van der Waals surface area contributed by atoms with Crippen LogP contribution < -0.4 is 0 Å². The van der Waals surface area contributed by atoms with Gasteiger partial charge in [0.25, 0.3) is 0 Å². The molecule has 2 aromatic heterocycles. The minimum absolute atomic E-state index is 0.270. The Morgan fingerprint density at radius 2 is 2.00 bits per heavy atom. The van der Waals surface area contributed by atoms with Crippen molar-refractivity contribution in [1.82, 2.24) is 19.4 Å². The van der Waals surface area contributed by atoms with E-state index >= 15 is 0 Å². The molecule has 2 aromatic rings. The molecule has 5 heteroatoms. The summed E-state index contributed by atoms with van der Waals surface area (Å²) in [6, 6.07) is 4.29. The predicted molar refractivity (Wildman–Crippen MR) is 103 cm³/mol. The van der Waals surface area contributed by atoms with Gasteiger partial charge in [-0.15, -0.1) is 0 Å². The lowest BCUT2D eigenvalue weighted by Crippen LogP contribution is -2.39. The molecule has 0 atom stereocenters. The molecule has 0 aromatic carbocycles. The molecule has 26 heavy (non-hydrogen) atoms. The standard InChI is InChI=1S/C21H30N4O/c1-16(2)21-23-9-13-25(21)12-7-20(26)24-10-5-18(6-11-24)15-19-4-8-22-17(3)14-19/h4,8-9,13-14,16,18H,5-7,10-12,15H2,1-3H3. The van der Waals surface area contributed by atoms with E-state index in [1.807, 2.05) is 30.4 Å². The number of aromatic nitrogens is 3. The van der Waals surface area contributed by atoms with E-state index in [1.165, 1.54) is 5.56 Å². The number of carbonyl (C=O) groups excluding carboxylic acids is 1. The fraction of sp³-hybridized carbons (Fsp3) is 0.571. The maximum Gasteiger partial charge on any atom is 0.224 e. The number of nitrogens with zero attached hydrogens (tertiary/aromatic N) is 4. The highest BCUT2D eigenvalue weighted by molar-refractivity contribution is 5.76. The van der Waals surface area contributed by atoms with Gasteiger partial charge in [0.1, 0.15) is 5.82 Å². The van der Waals surface area contributed by atoms with Crippen LogP contribution in [0.1, 0.15) is 56.1 Å². The van der Waals surface area contributed by atoms with Crippen LogP contribution in [0, 0.1) is 12.8 Å². The largest absolute Gasteiger partial charge is 0.343 e. The topological polar surface area (TPSA) is 51.0 Å². The molecule has 0 bridgehead atoms. The van der Waals surface area contributed by atoms with Crippen molar-refractivity contribution in [3.8, 4) is 0 Å². The maximum absolute atomic E-state index is 12.6. The van der Waals surface area contributed by atoms with Crippen molar-refractivity contribution in [2.75, 3.05) is 13.1 Å². The van der Waals surface area contributed by atoms with Crippen LogP contribution in [-0.2, 0) is 17.8 Å². The van der Waals surface area contributed by atoms with Gasteiger partial charge in [-0.05, 0) is 49.8 Å². The van der Waals surface area contributed by atoms with Gasteiger partial charge in [0.2, 0.25) is 5.91 Å². The van der Waals surface area contributed by atoms with Crippen LogP contribution in [0.25, 0.3) is 0 Å². The SMILES string of the molecule is Cc1cc(CC2CCN(C(=O)CCn3ccnc3C(C)C)CC2)ccn1. The van der Waals surface area contributed by atoms with Crippen LogP contribution in [0.15, 0.2) is 30.7 Å². The number of amides is 1. The van der Waals surface area contributed by atoms with Crippen molar-refractivity contribution in [2.45, 2.75) is 58.9 Å². The summed E-state index contributed by atoms with van der Waals surface area (Å²) in [6.07, 6.45) is 9.54. The fourth-order valence-corrected chi connectivity index (χ4v) is 3.84. The minimum Gasteiger partial charge on any atom is -0.343 e. The first-order chi connectivity index (χ1) is 12.5. The summed E-state index contributed by atoms with van der Waals surface area (Å²) in [6.45, 7) is 8.80. The Bertz CT molecular complexity index is 729. The van der Waals surface area contributed by atoms with Gasteiger partial charge in [-0.3, -0.25) is 9.78 Å². The smallest absolute Gasteiger partial charge is 0.224 e. The van der Waals surface area contributed by atoms with Crippen molar-refractivity contribution >= 4 is 5.91 Å². The van der Waals surface area contributed by atoms with Crippen molar-refractivity contribution < 1.29 is 4.79 Å². The highest BCUT2D eigenvalue weighted by Crippen LogP contribution is 2.22. The molecular weight excluding hydrogens is 324 g/mol. The zero-order chi connectivity index (χ0) is 18.5. The molecule has 5 nitrogen and oxygen atoms in total. The molecule has 1 amide bonds. The lowest BCUT2D eigenvalue weighted by molar-refractivity contribution is -0.132. The summed E-state index contributed by atoms with van der Waals surface area (Å²) in [5, 5.41) is 0. The molecule has 0 aliphatic carbocycles. The number of hydrogen-bond donors (Lipinski definition) is 0. The maximum atomic E-state index is 12.6. The Labute approximate surface area is 156 Å². The van der Waals surface area contributed by atoms with E-state index in [0.717, 1.165) is 50.4 Å². The number of pyridine rings is 1. The van der Waals surface area contributed by atoms with Gasteiger partial charge in [0.05, 0.1) is 0 Å². The molecule has 1 saturated heterocycles. The number of likely N-dealkylation sites (tertiary alicyclic amines) is 1. The molecule has 3 rings (SSSR count). The lowest BCUT2D eigenvalue weighted by atomic mass is 9.90. The third-order valence-electron chi connectivity index (χ3n) is 5.28. The van der Waals surface area contributed by atoms with Crippen molar-refractivity contribution in [3.05, 3.63) is 47.8 Å². The fourth-order valence-electron chi connectivity index (χ4n) is 3.84. The quantitative estimate of drug-likeness (QED) is 0.797. The minimum atomic E-state index is 0.270. The second-order valence-corrected chi connectivity index (χ2v) is 7.72. The zero-order valence-electron chi connectivity index (χ0n) is 16.2. The number of rotatable bonds is 6. The highest BCUT2D eigenvalue weighted by Gasteiger charge is 2.23. The number of hydrogen-bond acceptors (Lipinski definition) is 3. The molecule has 0 unspecified atom stereocenters. The Morgan fingerprint density at radius 1 is 1.23 bits per heavy atom. The lowest BCUT2D eigenvalue weighted by Gasteiger charge is -2.32. The number of carbonyl (C=O) groups is 1. The average Bonchev–Trinajstić information content (AvgIpc) is 3.09. The molecule has 0 N–H and O–H groups in total. The Hall–Kier alpha value is -2.17. The second-order valence-electron chi connectivity index (χ2n) is 7.72. The van der Waals surface area contributed by atoms with E-state index in [0.29, 0.717) is 18.3 Å². The summed E-state index contributed by atoms with van der Waals surface area (Å²) in [4.78, 5) is 23.3. The summed E-state index contributed by atoms with van der Waals surface area (Å²) < 4.78 is 2.11. The monoisotopic (exact) mass is 354 g/mol. The van der Waals surface area contributed by atoms with Gasteiger partial charge in [-0.25, -0.2) is 4.98 Å². The van der Waals surface area contributed by atoms with Gasteiger partial charge >= 0.3 is 0 Å². The van der Waals surface area contributed by atoms with Gasteiger partial charge in [0.15, 0.2) is 0 Å². The summed E-state index contributed by atoms with van der Waals surface area (Å²) >= 11 is 0. The predicted octanol–water partition coefficient (Wildman–Crippen LogP) is 3.58. The molecule has 0 spiro atoms. The molecule has 1 aliphatic rings. The third-order valence-corrected chi connectivity index (χ3v) is 5.28. The first-order valence-electron chi connectivity index (χ1n) is 9.73. The summed E-state index contributed by atoms with van der Waals surface area (Å²) in [5.41, 5.74) is 2.44. The van der Waals surface area contributed by atoms with E-state index in [9.17, 15) is 4.79 Å². The average molecular weight is 354 g/mol. The Balaban J connectivity index is 1.45. The summed E-state index contributed by atoms with van der Waals surface area (Å²) in [7, 11) is 0. The van der Waals surface area contributed by atoms with Gasteiger partial charge < -0.3 is 9.47 Å². The summed E-state index contributed by atoms with van der Waals surface area (Å²) in [5.74, 6) is 2.38. The zero-order valence-corrected chi connectivity index (χ0v) is 16.2. The number of imidazole rings is 1. The van der Waals surface area contributed by atoms with Gasteiger partial charge in [-0.1, -0.05) is 13.8 Å². The van der Waals surface area contributed by atoms with E-state index in [4.69, 9.17) is 0 Å². The first kappa shape index (κ1) is 18.6. The van der Waals surface area contributed by atoms with Crippen LogP contribution in [0.4, 0.5) is 0 Å². The van der Waals surface area contributed by atoms with E-state index in [2.05, 4.69) is 40.5 Å². The molecule has 1 fully saturated rings. The molecule has 0 radical (unpaired) electrons.